The number of hydrogen-bond acceptors (Lipinski definition) is 2. The minimum absolute atomic E-state index is 0.0578. The van der Waals surface area contributed by atoms with Crippen LogP contribution < -0.4 is 0 Å². The molecule has 0 amide bonds. The van der Waals surface area contributed by atoms with Crippen LogP contribution in [0.15, 0.2) is 78.3 Å². The summed E-state index contributed by atoms with van der Waals surface area (Å²) in [6, 6.07) is 24.6. The maximum atomic E-state index is 4.79. The van der Waals surface area contributed by atoms with Gasteiger partial charge in [-0.3, -0.25) is 4.98 Å². The van der Waals surface area contributed by atoms with Crippen molar-refractivity contribution in [2.24, 2.45) is 5.92 Å². The fourth-order valence-electron chi connectivity index (χ4n) is 4.81. The van der Waals surface area contributed by atoms with Crippen molar-refractivity contribution in [1.29, 1.82) is 0 Å². The van der Waals surface area contributed by atoms with Gasteiger partial charge in [0.15, 0.2) is 0 Å². The van der Waals surface area contributed by atoms with Gasteiger partial charge in [0.2, 0.25) is 0 Å². The molecule has 166 valence electrons. The lowest BCUT2D eigenvalue weighted by Gasteiger charge is -2.22. The minimum Gasteiger partial charge on any atom is -0.256 e. The Morgan fingerprint density at radius 3 is 2.45 bits per heavy atom. The molecule has 0 spiro atoms. The van der Waals surface area contributed by atoms with E-state index in [-0.39, 0.29) is 5.41 Å². The summed E-state index contributed by atoms with van der Waals surface area (Å²) in [6.07, 6.45) is 3.07. The van der Waals surface area contributed by atoms with Crippen molar-refractivity contribution >= 4 is 32.2 Å². The van der Waals surface area contributed by atoms with Crippen molar-refractivity contribution in [3.63, 3.8) is 0 Å². The third-order valence-electron chi connectivity index (χ3n) is 6.36. The Bertz CT molecular complexity index is 1450. The topological polar surface area (TPSA) is 12.9 Å². The second kappa shape index (κ2) is 8.43. The van der Waals surface area contributed by atoms with E-state index in [4.69, 9.17) is 4.98 Å². The first-order valence-corrected chi connectivity index (χ1v) is 12.7. The zero-order valence-electron chi connectivity index (χ0n) is 20.1. The van der Waals surface area contributed by atoms with Gasteiger partial charge in [0.1, 0.15) is 0 Å². The molecule has 0 fully saturated rings. The highest BCUT2D eigenvalue weighted by molar-refractivity contribution is 7.17. The molecule has 0 aliphatic rings. The Balaban J connectivity index is 1.65. The molecule has 33 heavy (non-hydrogen) atoms. The molecule has 0 aliphatic heterocycles. The van der Waals surface area contributed by atoms with Crippen LogP contribution in [0.5, 0.6) is 0 Å². The van der Waals surface area contributed by atoms with Gasteiger partial charge in [0, 0.05) is 21.8 Å². The third-order valence-corrected chi connectivity index (χ3v) is 7.35. The van der Waals surface area contributed by atoms with Crippen LogP contribution in [0.25, 0.3) is 43.2 Å². The van der Waals surface area contributed by atoms with E-state index < -0.39 is 0 Å². The van der Waals surface area contributed by atoms with E-state index in [1.807, 2.05) is 17.5 Å². The summed E-state index contributed by atoms with van der Waals surface area (Å²) >= 11 is 1.86. The third kappa shape index (κ3) is 4.20. The average Bonchev–Trinajstić information content (AvgIpc) is 3.28. The summed E-state index contributed by atoms with van der Waals surface area (Å²) in [5.74, 6) is 0.651. The van der Waals surface area contributed by atoms with E-state index in [1.54, 1.807) is 0 Å². The van der Waals surface area contributed by atoms with Crippen LogP contribution in [-0.2, 0) is 11.8 Å². The lowest BCUT2D eigenvalue weighted by molar-refractivity contribution is 0.596. The molecule has 0 bridgehead atoms. The molecule has 0 saturated heterocycles. The van der Waals surface area contributed by atoms with E-state index in [1.165, 1.54) is 48.7 Å². The van der Waals surface area contributed by atoms with Gasteiger partial charge in [0.05, 0.1) is 5.69 Å². The predicted molar refractivity (Wildman–Crippen MR) is 145 cm³/mol. The second-order valence-corrected chi connectivity index (χ2v) is 11.4. The first kappa shape index (κ1) is 21.9. The average molecular weight is 450 g/mol. The maximum absolute atomic E-state index is 4.79. The summed E-state index contributed by atoms with van der Waals surface area (Å²) in [5, 5.41) is 6.17. The number of nitrogens with zero attached hydrogens (tertiary/aromatic N) is 1. The molecule has 1 nitrogen and oxygen atoms in total. The van der Waals surface area contributed by atoms with E-state index in [9.17, 15) is 0 Å². The van der Waals surface area contributed by atoms with E-state index >= 15 is 0 Å². The number of thiophene rings is 1. The van der Waals surface area contributed by atoms with Crippen molar-refractivity contribution in [3.8, 4) is 22.4 Å². The molecular formula is C31H31NS. The Morgan fingerprint density at radius 2 is 1.67 bits per heavy atom. The van der Waals surface area contributed by atoms with Crippen LogP contribution in [0.3, 0.4) is 0 Å². The van der Waals surface area contributed by atoms with Gasteiger partial charge >= 0.3 is 0 Å². The first-order chi connectivity index (χ1) is 15.8. The number of fused-ring (bicyclic) bond motifs is 2. The number of hydrogen-bond donors (Lipinski definition) is 0. The number of pyridine rings is 1. The van der Waals surface area contributed by atoms with Crippen LogP contribution in [0.4, 0.5) is 0 Å². The molecule has 2 aromatic heterocycles. The summed E-state index contributed by atoms with van der Waals surface area (Å²) in [5.41, 5.74) is 7.60. The van der Waals surface area contributed by atoms with Gasteiger partial charge in [-0.15, -0.1) is 11.3 Å². The van der Waals surface area contributed by atoms with E-state index in [0.717, 1.165) is 12.1 Å². The lowest BCUT2D eigenvalue weighted by Crippen LogP contribution is -2.12. The van der Waals surface area contributed by atoms with Gasteiger partial charge in [-0.2, -0.15) is 0 Å². The van der Waals surface area contributed by atoms with Crippen LogP contribution in [-0.4, -0.2) is 4.98 Å². The van der Waals surface area contributed by atoms with Crippen molar-refractivity contribution in [1.82, 2.24) is 4.98 Å². The molecule has 0 unspecified atom stereocenters. The quantitative estimate of drug-likeness (QED) is 0.266. The fraction of sp³-hybridized carbons (Fsp3) is 0.258. The van der Waals surface area contributed by atoms with Gasteiger partial charge in [-0.1, -0.05) is 71.0 Å². The number of rotatable bonds is 4. The molecule has 0 N–H and O–H groups in total. The van der Waals surface area contributed by atoms with Crippen LogP contribution >= 0.6 is 11.3 Å². The van der Waals surface area contributed by atoms with Crippen LogP contribution in [0.1, 0.15) is 45.7 Å². The number of aromatic nitrogens is 1. The van der Waals surface area contributed by atoms with E-state index in [0.29, 0.717) is 5.92 Å². The van der Waals surface area contributed by atoms with E-state index in [2.05, 4.69) is 107 Å². The highest BCUT2D eigenvalue weighted by Crippen LogP contribution is 2.38. The molecule has 2 heteroatoms. The molecule has 0 saturated carbocycles. The number of benzene rings is 3. The minimum atomic E-state index is 0.0578. The first-order valence-electron chi connectivity index (χ1n) is 11.8. The fourth-order valence-corrected chi connectivity index (χ4v) is 5.75. The highest BCUT2D eigenvalue weighted by atomic mass is 32.1. The summed E-state index contributed by atoms with van der Waals surface area (Å²) in [7, 11) is 0. The molecule has 5 rings (SSSR count). The molecule has 2 heterocycles. The molecule has 3 aromatic carbocycles. The Hall–Kier alpha value is -2.97. The summed E-state index contributed by atoms with van der Waals surface area (Å²) < 4.78 is 1.42. The Morgan fingerprint density at radius 1 is 0.848 bits per heavy atom. The monoisotopic (exact) mass is 449 g/mol. The largest absolute Gasteiger partial charge is 0.256 e. The van der Waals surface area contributed by atoms with Crippen molar-refractivity contribution < 1.29 is 0 Å². The smallest absolute Gasteiger partial charge is 0.0708 e. The zero-order valence-corrected chi connectivity index (χ0v) is 21.0. The van der Waals surface area contributed by atoms with Gasteiger partial charge in [0.25, 0.3) is 0 Å². The lowest BCUT2D eigenvalue weighted by atomic mass is 9.82. The molecule has 0 aliphatic carbocycles. The standard InChI is InChI=1S/C31H31NS/c1-20(2)16-23-10-11-25(27-13-15-33-30(23)27)22-12-14-32-29(19-22)24-17-21-8-6-7-9-26(21)28(18-24)31(3,4)5/h6-15,17-20H,16H2,1-5H3. The van der Waals surface area contributed by atoms with Gasteiger partial charge in [-0.25, -0.2) is 0 Å². The van der Waals surface area contributed by atoms with Crippen LogP contribution in [0, 0.1) is 5.92 Å². The molecule has 0 radical (unpaired) electrons. The summed E-state index contributed by atoms with van der Waals surface area (Å²) in [4.78, 5) is 4.79. The second-order valence-electron chi connectivity index (χ2n) is 10.5. The predicted octanol–water partition coefficient (Wildman–Crippen LogP) is 9.28. The van der Waals surface area contributed by atoms with Gasteiger partial charge in [-0.05, 0) is 86.5 Å². The molecular weight excluding hydrogens is 418 g/mol. The van der Waals surface area contributed by atoms with Crippen molar-refractivity contribution in [2.75, 3.05) is 0 Å². The molecule has 5 aromatic rings. The van der Waals surface area contributed by atoms with Crippen molar-refractivity contribution in [2.45, 2.75) is 46.5 Å². The Kier molecular flexibility index (Phi) is 5.58. The molecule has 0 atom stereocenters. The summed E-state index contributed by atoms with van der Waals surface area (Å²) in [6.45, 7) is 11.4. The maximum Gasteiger partial charge on any atom is 0.0708 e. The van der Waals surface area contributed by atoms with Crippen molar-refractivity contribution in [3.05, 3.63) is 89.4 Å². The normalized spacial score (nSPS) is 12.2. The SMILES string of the molecule is CC(C)Cc1ccc(-c2ccnc(-c3cc(C(C)(C)C)c4ccccc4c3)c2)c2ccsc12. The highest BCUT2D eigenvalue weighted by Gasteiger charge is 2.19. The Labute approximate surface area is 201 Å². The zero-order chi connectivity index (χ0) is 23.2. The van der Waals surface area contributed by atoms with Crippen LogP contribution in [0.2, 0.25) is 0 Å². The van der Waals surface area contributed by atoms with Gasteiger partial charge < -0.3 is 0 Å².